The molecule has 122 valence electrons. The van der Waals surface area contributed by atoms with Gasteiger partial charge in [0.15, 0.2) is 23.0 Å². The summed E-state index contributed by atoms with van der Waals surface area (Å²) in [6.07, 6.45) is 0. The van der Waals surface area contributed by atoms with Crippen LogP contribution in [-0.2, 0) is 13.1 Å². The van der Waals surface area contributed by atoms with Crippen molar-refractivity contribution >= 4 is 12.4 Å². The number of nitrogens with one attached hydrogen (secondary N) is 1. The number of fused-ring (bicyclic) bond motifs is 2. The zero-order chi connectivity index (χ0) is 14.8. The summed E-state index contributed by atoms with van der Waals surface area (Å²) in [5.41, 5.74) is 2.19. The molecular formula is C17H18ClNO4. The molecule has 0 unspecified atom stereocenters. The Bertz CT molecular complexity index is 692. The quantitative estimate of drug-likeness (QED) is 0.931. The number of hydrogen-bond acceptors (Lipinski definition) is 5. The average molecular weight is 336 g/mol. The van der Waals surface area contributed by atoms with E-state index in [1.165, 1.54) is 0 Å². The highest BCUT2D eigenvalue weighted by molar-refractivity contribution is 5.85. The van der Waals surface area contributed by atoms with Crippen molar-refractivity contribution in [2.24, 2.45) is 0 Å². The van der Waals surface area contributed by atoms with Crippen molar-refractivity contribution in [1.29, 1.82) is 0 Å². The zero-order valence-electron chi connectivity index (χ0n) is 12.5. The Labute approximate surface area is 140 Å². The SMILES string of the molecule is Cl.c1cc(CNCc2cccc3c2OCO3)c2c(c1)OCCO2. The topological polar surface area (TPSA) is 49.0 Å². The minimum Gasteiger partial charge on any atom is -0.486 e. The molecule has 0 aliphatic carbocycles. The number of halogens is 1. The molecule has 0 aromatic heterocycles. The summed E-state index contributed by atoms with van der Waals surface area (Å²) < 4.78 is 22.2. The monoisotopic (exact) mass is 335 g/mol. The van der Waals surface area contributed by atoms with Gasteiger partial charge in [0.2, 0.25) is 6.79 Å². The molecule has 5 nitrogen and oxygen atoms in total. The lowest BCUT2D eigenvalue weighted by Gasteiger charge is -2.21. The van der Waals surface area contributed by atoms with Gasteiger partial charge in [0, 0.05) is 24.2 Å². The first kappa shape index (κ1) is 15.8. The van der Waals surface area contributed by atoms with Crippen molar-refractivity contribution in [3.05, 3.63) is 47.5 Å². The van der Waals surface area contributed by atoms with Crippen LogP contribution in [0, 0.1) is 0 Å². The van der Waals surface area contributed by atoms with Gasteiger partial charge in [-0.05, 0) is 12.1 Å². The van der Waals surface area contributed by atoms with E-state index in [4.69, 9.17) is 18.9 Å². The van der Waals surface area contributed by atoms with Crippen LogP contribution < -0.4 is 24.3 Å². The first-order valence-electron chi connectivity index (χ1n) is 7.37. The summed E-state index contributed by atoms with van der Waals surface area (Å²) in [5.74, 6) is 3.32. The van der Waals surface area contributed by atoms with E-state index in [2.05, 4.69) is 11.4 Å². The van der Waals surface area contributed by atoms with E-state index in [0.717, 1.165) is 34.1 Å². The molecule has 0 radical (unpaired) electrons. The standard InChI is InChI=1S/C17H17NO4.ClH/c1-3-12(16-14(5-1)19-7-8-20-16)9-18-10-13-4-2-6-15-17(13)22-11-21-15;/h1-6,18H,7-11H2;1H. The molecule has 23 heavy (non-hydrogen) atoms. The van der Waals surface area contributed by atoms with E-state index in [9.17, 15) is 0 Å². The molecule has 2 heterocycles. The van der Waals surface area contributed by atoms with Crippen LogP contribution in [0.15, 0.2) is 36.4 Å². The van der Waals surface area contributed by atoms with Gasteiger partial charge >= 0.3 is 0 Å². The highest BCUT2D eigenvalue weighted by Gasteiger charge is 2.18. The van der Waals surface area contributed by atoms with Crippen LogP contribution in [-0.4, -0.2) is 20.0 Å². The maximum atomic E-state index is 5.72. The maximum Gasteiger partial charge on any atom is 0.231 e. The molecule has 0 spiro atoms. The van der Waals surface area contributed by atoms with E-state index >= 15 is 0 Å². The highest BCUT2D eigenvalue weighted by atomic mass is 35.5. The predicted molar refractivity (Wildman–Crippen MR) is 87.8 cm³/mol. The second kappa shape index (κ2) is 6.98. The molecule has 0 fully saturated rings. The molecule has 2 aliphatic heterocycles. The molecule has 2 aliphatic rings. The third kappa shape index (κ3) is 3.16. The van der Waals surface area contributed by atoms with Gasteiger partial charge < -0.3 is 24.3 Å². The first-order valence-corrected chi connectivity index (χ1v) is 7.37. The van der Waals surface area contributed by atoms with Crippen molar-refractivity contribution < 1.29 is 18.9 Å². The molecule has 0 saturated heterocycles. The van der Waals surface area contributed by atoms with E-state index in [1.54, 1.807) is 0 Å². The molecular weight excluding hydrogens is 318 g/mol. The maximum absolute atomic E-state index is 5.72. The van der Waals surface area contributed by atoms with Crippen molar-refractivity contribution in [1.82, 2.24) is 5.32 Å². The largest absolute Gasteiger partial charge is 0.486 e. The number of benzene rings is 2. The molecule has 1 N–H and O–H groups in total. The average Bonchev–Trinajstić information content (AvgIpc) is 3.05. The molecule has 2 aromatic carbocycles. The Kier molecular flexibility index (Phi) is 4.79. The number of rotatable bonds is 4. The summed E-state index contributed by atoms with van der Waals surface area (Å²) >= 11 is 0. The minimum absolute atomic E-state index is 0. The minimum atomic E-state index is 0. The molecule has 0 atom stereocenters. The summed E-state index contributed by atoms with van der Waals surface area (Å²) in [6.45, 7) is 2.91. The van der Waals surface area contributed by atoms with Gasteiger partial charge in [-0.3, -0.25) is 0 Å². The molecule has 6 heteroatoms. The van der Waals surface area contributed by atoms with E-state index in [-0.39, 0.29) is 12.4 Å². The summed E-state index contributed by atoms with van der Waals surface area (Å²) in [6, 6.07) is 11.9. The highest BCUT2D eigenvalue weighted by Crippen LogP contribution is 2.36. The van der Waals surface area contributed by atoms with Gasteiger partial charge in [-0.1, -0.05) is 24.3 Å². The first-order chi connectivity index (χ1) is 10.9. The summed E-state index contributed by atoms with van der Waals surface area (Å²) in [4.78, 5) is 0. The third-order valence-corrected chi connectivity index (χ3v) is 3.76. The van der Waals surface area contributed by atoms with Gasteiger partial charge in [-0.25, -0.2) is 0 Å². The molecule has 4 rings (SSSR count). The van der Waals surface area contributed by atoms with Gasteiger partial charge in [0.05, 0.1) is 0 Å². The van der Waals surface area contributed by atoms with Crippen LogP contribution >= 0.6 is 12.4 Å². The van der Waals surface area contributed by atoms with Crippen molar-refractivity contribution in [2.45, 2.75) is 13.1 Å². The fraction of sp³-hybridized carbons (Fsp3) is 0.294. The molecule has 0 amide bonds. The van der Waals surface area contributed by atoms with Gasteiger partial charge in [0.1, 0.15) is 13.2 Å². The van der Waals surface area contributed by atoms with Crippen LogP contribution in [0.1, 0.15) is 11.1 Å². The lowest BCUT2D eigenvalue weighted by atomic mass is 10.1. The number of ether oxygens (including phenoxy) is 4. The summed E-state index contributed by atoms with van der Waals surface area (Å²) in [5, 5.41) is 3.43. The van der Waals surface area contributed by atoms with Gasteiger partial charge in [-0.2, -0.15) is 0 Å². The van der Waals surface area contributed by atoms with Gasteiger partial charge in [-0.15, -0.1) is 12.4 Å². The van der Waals surface area contributed by atoms with Crippen LogP contribution in [0.2, 0.25) is 0 Å². The van der Waals surface area contributed by atoms with E-state index in [0.29, 0.717) is 33.1 Å². The Morgan fingerprint density at radius 2 is 1.35 bits per heavy atom. The van der Waals surface area contributed by atoms with Crippen LogP contribution in [0.3, 0.4) is 0 Å². The fourth-order valence-electron chi connectivity index (χ4n) is 2.74. The van der Waals surface area contributed by atoms with Crippen LogP contribution in [0.4, 0.5) is 0 Å². The molecule has 0 saturated carbocycles. The van der Waals surface area contributed by atoms with Crippen molar-refractivity contribution in [2.75, 3.05) is 20.0 Å². The predicted octanol–water partition coefficient (Wildman–Crippen LogP) is 2.90. The lowest BCUT2D eigenvalue weighted by Crippen LogP contribution is -2.19. The second-order valence-electron chi connectivity index (χ2n) is 5.20. The Balaban J connectivity index is 0.00000156. The number of para-hydroxylation sites is 2. The second-order valence-corrected chi connectivity index (χ2v) is 5.20. The smallest absolute Gasteiger partial charge is 0.231 e. The Morgan fingerprint density at radius 1 is 0.739 bits per heavy atom. The molecule has 0 bridgehead atoms. The van der Waals surface area contributed by atoms with Crippen LogP contribution in [0.5, 0.6) is 23.0 Å². The normalized spacial score (nSPS) is 14.3. The third-order valence-electron chi connectivity index (χ3n) is 3.76. The van der Waals surface area contributed by atoms with Crippen LogP contribution in [0.25, 0.3) is 0 Å². The molecule has 2 aromatic rings. The lowest BCUT2D eigenvalue weighted by molar-refractivity contribution is 0.169. The van der Waals surface area contributed by atoms with Crippen molar-refractivity contribution in [3.63, 3.8) is 0 Å². The Hall–Kier alpha value is -2.11. The Morgan fingerprint density at radius 3 is 2.09 bits per heavy atom. The number of hydrogen-bond donors (Lipinski definition) is 1. The van der Waals surface area contributed by atoms with Crippen molar-refractivity contribution in [3.8, 4) is 23.0 Å². The van der Waals surface area contributed by atoms with Gasteiger partial charge in [0.25, 0.3) is 0 Å². The fourth-order valence-corrected chi connectivity index (χ4v) is 2.74. The van der Waals surface area contributed by atoms with E-state index in [1.807, 2.05) is 30.3 Å². The van der Waals surface area contributed by atoms with E-state index < -0.39 is 0 Å². The zero-order valence-corrected chi connectivity index (χ0v) is 13.4. The summed E-state index contributed by atoms with van der Waals surface area (Å²) in [7, 11) is 0.